The average molecular weight is 688 g/mol. The molecule has 1 fully saturated rings. The molecule has 6 rings (SSSR count). The van der Waals surface area contributed by atoms with Gasteiger partial charge in [-0.05, 0) is 80.1 Å². The number of alkyl halides is 3. The van der Waals surface area contributed by atoms with Gasteiger partial charge < -0.3 is 14.6 Å². The topological polar surface area (TPSA) is 136 Å². The Morgan fingerprint density at radius 3 is 2.46 bits per heavy atom. The minimum Gasteiger partial charge on any atom is -0.481 e. The molecule has 0 bridgehead atoms. The molecule has 4 aromatic rings. The van der Waals surface area contributed by atoms with Crippen molar-refractivity contribution in [1.82, 2.24) is 23.9 Å². The Kier molecular flexibility index (Phi) is 8.32. The molecule has 256 valence electrons. The number of hydrogen-bond donors (Lipinski definition) is 1. The fourth-order valence-electron chi connectivity index (χ4n) is 6.66. The van der Waals surface area contributed by atoms with Gasteiger partial charge in [0.15, 0.2) is 5.65 Å². The lowest BCUT2D eigenvalue weighted by Crippen LogP contribution is -2.50. The lowest BCUT2D eigenvalue weighted by atomic mass is 9.70. The van der Waals surface area contributed by atoms with Crippen molar-refractivity contribution in [3.05, 3.63) is 81.9 Å². The predicted molar refractivity (Wildman–Crippen MR) is 167 cm³/mol. The van der Waals surface area contributed by atoms with Gasteiger partial charge in [0.1, 0.15) is 10.5 Å². The first kappa shape index (κ1) is 33.8. The zero-order chi connectivity index (χ0) is 34.8. The van der Waals surface area contributed by atoms with E-state index in [2.05, 4.69) is 15.2 Å². The Bertz CT molecular complexity index is 2020. The van der Waals surface area contributed by atoms with E-state index in [9.17, 15) is 31.5 Å². The SMILES string of the molecule is Cc1cnc2c(c1)S(=O)(=O)N(Cc1cc([C@H](c3ccn4c(C(F)(F)F)nnc4c3C)C(C)(C)C(=O)O)ccc1C)CC1(CCOCC1)O2. The number of aryl methyl sites for hydroxylation is 3. The number of halogens is 3. The van der Waals surface area contributed by atoms with Crippen LogP contribution in [-0.4, -0.2) is 68.7 Å². The third-order valence-electron chi connectivity index (χ3n) is 9.51. The number of hydrogen-bond acceptors (Lipinski definition) is 8. The normalized spacial score (nSPS) is 18.7. The molecule has 1 atom stereocenters. The minimum atomic E-state index is -4.74. The molecule has 11 nitrogen and oxygen atoms in total. The van der Waals surface area contributed by atoms with E-state index in [1.54, 1.807) is 58.2 Å². The van der Waals surface area contributed by atoms with Crippen LogP contribution in [0.2, 0.25) is 0 Å². The number of aliphatic carboxylic acids is 1. The van der Waals surface area contributed by atoms with Gasteiger partial charge in [-0.3, -0.25) is 9.20 Å². The van der Waals surface area contributed by atoms with E-state index in [-0.39, 0.29) is 29.5 Å². The van der Waals surface area contributed by atoms with E-state index in [0.717, 1.165) is 9.96 Å². The van der Waals surface area contributed by atoms with Gasteiger partial charge in [0.05, 0.1) is 25.2 Å². The summed E-state index contributed by atoms with van der Waals surface area (Å²) in [7, 11) is -4.10. The standard InChI is InChI=1S/C33H36F3N5O6S/c1-19-14-25-28(37-16-19)47-32(9-12-46-13-10-32)18-40(48(25,44)45)17-23-15-22(7-6-20(23)2)26(31(4,5)30(42)43)24-8-11-41-27(21(24)3)38-39-29(41)33(34,35)36/h6-8,11,14-16,26H,9-10,12-13,17-18H2,1-5H3,(H,42,43)/t26-/m1/s1. The summed E-state index contributed by atoms with van der Waals surface area (Å²) in [5.41, 5.74) is 1.06. The molecule has 2 aliphatic rings. The lowest BCUT2D eigenvalue weighted by Gasteiger charge is -2.38. The van der Waals surface area contributed by atoms with Gasteiger partial charge in [-0.25, -0.2) is 13.4 Å². The zero-order valence-electron chi connectivity index (χ0n) is 27.1. The Labute approximate surface area is 275 Å². The number of sulfonamides is 1. The summed E-state index contributed by atoms with van der Waals surface area (Å²) in [5.74, 6) is -3.12. The molecule has 0 unspecified atom stereocenters. The van der Waals surface area contributed by atoms with Gasteiger partial charge >= 0.3 is 12.1 Å². The first-order chi connectivity index (χ1) is 22.4. The zero-order valence-corrected chi connectivity index (χ0v) is 27.9. The van der Waals surface area contributed by atoms with Crippen LogP contribution in [0, 0.1) is 26.2 Å². The number of carbonyl (C=O) groups is 1. The number of carboxylic acid groups (broad SMARTS) is 1. The van der Waals surface area contributed by atoms with Crippen molar-refractivity contribution in [2.45, 2.75) is 76.6 Å². The van der Waals surface area contributed by atoms with Crippen LogP contribution in [0.4, 0.5) is 13.2 Å². The summed E-state index contributed by atoms with van der Waals surface area (Å²) < 4.78 is 83.5. The monoisotopic (exact) mass is 687 g/mol. The Morgan fingerprint density at radius 1 is 1.08 bits per heavy atom. The second-order valence-electron chi connectivity index (χ2n) is 13.2. The van der Waals surface area contributed by atoms with Gasteiger partial charge in [-0.15, -0.1) is 10.2 Å². The average Bonchev–Trinajstić information content (AvgIpc) is 3.44. The molecule has 1 aromatic carbocycles. The third kappa shape index (κ3) is 5.81. The number of nitrogens with zero attached hydrogens (tertiary/aromatic N) is 5. The van der Waals surface area contributed by atoms with Crippen LogP contribution in [0.25, 0.3) is 5.65 Å². The number of ether oxygens (including phenoxy) is 2. The van der Waals surface area contributed by atoms with Crippen LogP contribution in [0.5, 0.6) is 5.88 Å². The highest BCUT2D eigenvalue weighted by Gasteiger charge is 2.46. The highest BCUT2D eigenvalue weighted by Crippen LogP contribution is 2.45. The van der Waals surface area contributed by atoms with Gasteiger partial charge in [0.2, 0.25) is 21.7 Å². The van der Waals surface area contributed by atoms with E-state index in [1.807, 2.05) is 6.92 Å². The van der Waals surface area contributed by atoms with Crippen LogP contribution >= 0.6 is 0 Å². The Morgan fingerprint density at radius 2 is 1.79 bits per heavy atom. The van der Waals surface area contributed by atoms with Gasteiger partial charge in [-0.1, -0.05) is 18.2 Å². The van der Waals surface area contributed by atoms with Crippen molar-refractivity contribution in [3.63, 3.8) is 0 Å². The summed E-state index contributed by atoms with van der Waals surface area (Å²) in [5, 5.41) is 17.5. The fourth-order valence-corrected chi connectivity index (χ4v) is 8.30. The summed E-state index contributed by atoms with van der Waals surface area (Å²) in [6, 6.07) is 8.37. The second-order valence-corrected chi connectivity index (χ2v) is 15.1. The largest absolute Gasteiger partial charge is 0.481 e. The quantitative estimate of drug-likeness (QED) is 0.281. The molecular formula is C33H36F3N5O6S. The molecule has 0 amide bonds. The van der Waals surface area contributed by atoms with Crippen LogP contribution in [0.1, 0.15) is 71.8 Å². The molecule has 15 heteroatoms. The number of rotatable bonds is 6. The molecule has 0 saturated carbocycles. The smallest absolute Gasteiger partial charge is 0.452 e. The van der Waals surface area contributed by atoms with Gasteiger partial charge in [0.25, 0.3) is 0 Å². The van der Waals surface area contributed by atoms with Crippen molar-refractivity contribution in [1.29, 1.82) is 0 Å². The van der Waals surface area contributed by atoms with Crippen LogP contribution in [0.15, 0.2) is 47.6 Å². The Balaban J connectivity index is 1.47. The number of benzene rings is 1. The fraction of sp³-hybridized carbons (Fsp3) is 0.455. The van der Waals surface area contributed by atoms with Crippen molar-refractivity contribution < 1.29 is 41.0 Å². The van der Waals surface area contributed by atoms with E-state index >= 15 is 0 Å². The first-order valence-corrected chi connectivity index (χ1v) is 16.9. The maximum Gasteiger partial charge on any atom is 0.452 e. The maximum atomic E-state index is 14.3. The minimum absolute atomic E-state index is 0.0278. The summed E-state index contributed by atoms with van der Waals surface area (Å²) in [6.45, 7) is 9.08. The first-order valence-electron chi connectivity index (χ1n) is 15.4. The number of aromatic nitrogens is 4. The van der Waals surface area contributed by atoms with Crippen molar-refractivity contribution in [2.75, 3.05) is 19.8 Å². The molecule has 48 heavy (non-hydrogen) atoms. The van der Waals surface area contributed by atoms with E-state index < -0.39 is 44.9 Å². The molecule has 3 aromatic heterocycles. The molecular weight excluding hydrogens is 651 g/mol. The maximum absolute atomic E-state index is 14.3. The number of fused-ring (bicyclic) bond motifs is 2. The molecule has 1 N–H and O–H groups in total. The summed E-state index contributed by atoms with van der Waals surface area (Å²) in [6.07, 6.45) is -1.05. The van der Waals surface area contributed by atoms with Crippen LogP contribution in [0.3, 0.4) is 0 Å². The molecule has 1 spiro atoms. The van der Waals surface area contributed by atoms with Gasteiger partial charge in [0, 0.05) is 37.7 Å². The van der Waals surface area contributed by atoms with E-state index in [0.29, 0.717) is 53.9 Å². The molecule has 5 heterocycles. The number of carboxylic acids is 1. The third-order valence-corrected chi connectivity index (χ3v) is 11.3. The lowest BCUT2D eigenvalue weighted by molar-refractivity contribution is -0.147. The Hall–Kier alpha value is -4.08. The van der Waals surface area contributed by atoms with E-state index in [1.165, 1.54) is 16.6 Å². The highest BCUT2D eigenvalue weighted by molar-refractivity contribution is 7.89. The number of pyridine rings is 2. The van der Waals surface area contributed by atoms with Crippen molar-refractivity contribution in [3.8, 4) is 5.88 Å². The van der Waals surface area contributed by atoms with Gasteiger partial charge in [-0.2, -0.15) is 17.5 Å². The van der Waals surface area contributed by atoms with Crippen LogP contribution in [-0.2, 0) is 32.3 Å². The summed E-state index contributed by atoms with van der Waals surface area (Å²) >= 11 is 0. The molecule has 1 saturated heterocycles. The van der Waals surface area contributed by atoms with Crippen molar-refractivity contribution >= 4 is 21.6 Å². The summed E-state index contributed by atoms with van der Waals surface area (Å²) in [4.78, 5) is 17.0. The molecule has 2 aliphatic heterocycles. The van der Waals surface area contributed by atoms with Crippen molar-refractivity contribution in [2.24, 2.45) is 5.41 Å². The van der Waals surface area contributed by atoms with Crippen LogP contribution < -0.4 is 4.74 Å². The highest BCUT2D eigenvalue weighted by atomic mass is 32.2. The second kappa shape index (κ2) is 11.8. The molecule has 0 radical (unpaired) electrons. The van der Waals surface area contributed by atoms with E-state index in [4.69, 9.17) is 9.47 Å². The molecule has 0 aliphatic carbocycles. The predicted octanol–water partition coefficient (Wildman–Crippen LogP) is 5.44.